The lowest BCUT2D eigenvalue weighted by molar-refractivity contribution is 0.626. The minimum absolute atomic E-state index is 0.251. The van der Waals surface area contributed by atoms with Crippen molar-refractivity contribution in [2.45, 2.75) is 11.8 Å². The molecule has 0 spiro atoms. The second kappa shape index (κ2) is 9.23. The number of hydrogen-bond donors (Lipinski definition) is 0. The van der Waals surface area contributed by atoms with Crippen LogP contribution in [-0.4, -0.2) is 5.71 Å². The fourth-order valence-corrected chi connectivity index (χ4v) is 3.52. The van der Waals surface area contributed by atoms with Crippen LogP contribution in [0.15, 0.2) is 88.1 Å². The molecule has 0 bridgehead atoms. The Kier molecular flexibility index (Phi) is 6.73. The van der Waals surface area contributed by atoms with Crippen LogP contribution in [0.3, 0.4) is 0 Å². The molecule has 0 N–H and O–H groups in total. The third kappa shape index (κ3) is 5.96. The fraction of sp³-hybridized carbons (Fsp3) is 0.0455. The van der Waals surface area contributed by atoms with E-state index in [9.17, 15) is 4.39 Å². The highest BCUT2D eigenvalue weighted by Gasteiger charge is 2.05. The first kappa shape index (κ1) is 19.7. The molecule has 3 aromatic carbocycles. The minimum Gasteiger partial charge on any atom is -0.248 e. The van der Waals surface area contributed by atoms with Gasteiger partial charge in [-0.2, -0.15) is 0 Å². The van der Waals surface area contributed by atoms with Gasteiger partial charge in [0.15, 0.2) is 0 Å². The highest BCUT2D eigenvalue weighted by atomic mass is 35.5. The number of aryl methyl sites for hydroxylation is 1. The Hall–Kier alpha value is -2.07. The van der Waals surface area contributed by atoms with Gasteiger partial charge in [-0.25, -0.2) is 9.38 Å². The highest BCUT2D eigenvalue weighted by Crippen LogP contribution is 2.24. The van der Waals surface area contributed by atoms with Crippen molar-refractivity contribution in [3.05, 3.63) is 105 Å². The van der Waals surface area contributed by atoms with Crippen molar-refractivity contribution in [1.29, 1.82) is 0 Å². The molecule has 0 aromatic heterocycles. The largest absolute Gasteiger partial charge is 0.248 e. The van der Waals surface area contributed by atoms with E-state index in [0.29, 0.717) is 10.0 Å². The van der Waals surface area contributed by atoms with Crippen molar-refractivity contribution in [2.75, 3.05) is 0 Å². The van der Waals surface area contributed by atoms with Crippen molar-refractivity contribution in [3.63, 3.8) is 0 Å². The summed E-state index contributed by atoms with van der Waals surface area (Å²) in [5.41, 5.74) is 3.56. The Bertz CT molecular complexity index is 960. The summed E-state index contributed by atoms with van der Waals surface area (Å²) in [6.07, 6.45) is 1.90. The lowest BCUT2D eigenvalue weighted by Crippen LogP contribution is -1.96. The molecule has 0 radical (unpaired) electrons. The predicted octanol–water partition coefficient (Wildman–Crippen LogP) is 7.87. The summed E-state index contributed by atoms with van der Waals surface area (Å²) in [5, 5.41) is 3.01. The molecule has 0 aliphatic rings. The van der Waals surface area contributed by atoms with Crippen LogP contribution in [-0.2, 0) is 0 Å². The monoisotopic (exact) mass is 415 g/mol. The SMILES string of the molecule is Cc1ccc(N=C(/C=C/Sc2ccc(F)cc2)c2cc(Cl)cc(Cl)c2)cc1. The van der Waals surface area contributed by atoms with Gasteiger partial charge in [0, 0.05) is 20.5 Å². The van der Waals surface area contributed by atoms with E-state index < -0.39 is 0 Å². The number of halogens is 3. The van der Waals surface area contributed by atoms with Crippen LogP contribution in [0.4, 0.5) is 10.1 Å². The number of aliphatic imine (C=N–C) groups is 1. The highest BCUT2D eigenvalue weighted by molar-refractivity contribution is 8.02. The van der Waals surface area contributed by atoms with Crippen molar-refractivity contribution in [3.8, 4) is 0 Å². The Morgan fingerprint density at radius 1 is 0.926 bits per heavy atom. The maximum Gasteiger partial charge on any atom is 0.123 e. The van der Waals surface area contributed by atoms with Crippen LogP contribution >= 0.6 is 35.0 Å². The van der Waals surface area contributed by atoms with Crippen LogP contribution in [0.25, 0.3) is 0 Å². The molecule has 136 valence electrons. The molecule has 0 saturated heterocycles. The van der Waals surface area contributed by atoms with Gasteiger partial charge in [-0.1, -0.05) is 52.7 Å². The van der Waals surface area contributed by atoms with Crippen LogP contribution in [0.1, 0.15) is 11.1 Å². The summed E-state index contributed by atoms with van der Waals surface area (Å²) in [6.45, 7) is 2.03. The van der Waals surface area contributed by atoms with Crippen molar-refractivity contribution in [2.24, 2.45) is 4.99 Å². The molecular weight excluding hydrogens is 400 g/mol. The number of benzene rings is 3. The van der Waals surface area contributed by atoms with Gasteiger partial charge < -0.3 is 0 Å². The molecule has 5 heteroatoms. The molecule has 3 rings (SSSR count). The zero-order chi connectivity index (χ0) is 19.2. The third-order valence-corrected chi connectivity index (χ3v) is 4.94. The molecular formula is C22H16Cl2FNS. The number of hydrogen-bond acceptors (Lipinski definition) is 2. The van der Waals surface area contributed by atoms with E-state index in [0.717, 1.165) is 21.9 Å². The van der Waals surface area contributed by atoms with Gasteiger partial charge in [0.25, 0.3) is 0 Å². The lowest BCUT2D eigenvalue weighted by atomic mass is 10.1. The van der Waals surface area contributed by atoms with Crippen molar-refractivity contribution >= 4 is 46.4 Å². The molecule has 0 heterocycles. The summed E-state index contributed by atoms with van der Waals surface area (Å²) in [4.78, 5) is 5.67. The van der Waals surface area contributed by atoms with E-state index in [4.69, 9.17) is 28.2 Å². The molecule has 3 aromatic rings. The van der Waals surface area contributed by atoms with E-state index in [-0.39, 0.29) is 5.82 Å². The summed E-state index contributed by atoms with van der Waals surface area (Å²) in [5.74, 6) is -0.251. The summed E-state index contributed by atoms with van der Waals surface area (Å²) in [7, 11) is 0. The molecule has 0 aliphatic heterocycles. The smallest absolute Gasteiger partial charge is 0.123 e. The molecule has 0 saturated carbocycles. The first-order valence-electron chi connectivity index (χ1n) is 8.20. The summed E-state index contributed by atoms with van der Waals surface area (Å²) in [6, 6.07) is 19.6. The number of thioether (sulfide) groups is 1. The minimum atomic E-state index is -0.251. The topological polar surface area (TPSA) is 12.4 Å². The normalized spacial score (nSPS) is 11.9. The Morgan fingerprint density at radius 2 is 1.56 bits per heavy atom. The molecule has 1 nitrogen and oxygen atoms in total. The Labute approximate surface area is 172 Å². The third-order valence-electron chi connectivity index (χ3n) is 3.69. The van der Waals surface area contributed by atoms with Gasteiger partial charge in [-0.3, -0.25) is 0 Å². The Morgan fingerprint density at radius 3 is 2.19 bits per heavy atom. The second-order valence-corrected chi connectivity index (χ2v) is 7.72. The maximum atomic E-state index is 13.0. The summed E-state index contributed by atoms with van der Waals surface area (Å²) < 4.78 is 13.0. The first-order valence-corrected chi connectivity index (χ1v) is 9.84. The van der Waals surface area contributed by atoms with Gasteiger partial charge in [-0.05, 0) is 73.0 Å². The second-order valence-electron chi connectivity index (χ2n) is 5.87. The van der Waals surface area contributed by atoms with E-state index in [1.54, 1.807) is 18.2 Å². The molecule has 0 aliphatic carbocycles. The van der Waals surface area contributed by atoms with Crippen molar-refractivity contribution < 1.29 is 4.39 Å². The van der Waals surface area contributed by atoms with E-state index in [1.807, 2.05) is 54.8 Å². The van der Waals surface area contributed by atoms with Crippen LogP contribution < -0.4 is 0 Å². The Balaban J connectivity index is 1.92. The van der Waals surface area contributed by atoms with E-state index in [1.165, 1.54) is 29.5 Å². The van der Waals surface area contributed by atoms with E-state index in [2.05, 4.69) is 0 Å². The number of allylic oxidation sites excluding steroid dienone is 1. The lowest BCUT2D eigenvalue weighted by Gasteiger charge is -2.05. The van der Waals surface area contributed by atoms with E-state index >= 15 is 0 Å². The van der Waals surface area contributed by atoms with Gasteiger partial charge in [0.2, 0.25) is 0 Å². The quantitative estimate of drug-likeness (QED) is 0.305. The molecule has 0 amide bonds. The van der Waals surface area contributed by atoms with Crippen LogP contribution in [0, 0.1) is 12.7 Å². The standard InChI is InChI=1S/C22H16Cl2FNS/c1-15-2-6-20(7-3-15)26-22(16-12-17(23)14-18(24)13-16)10-11-27-21-8-4-19(25)5-9-21/h2-14H,1H3/b11-10+,26-22?. The van der Waals surface area contributed by atoms with Crippen LogP contribution in [0.5, 0.6) is 0 Å². The first-order chi connectivity index (χ1) is 13.0. The van der Waals surface area contributed by atoms with Gasteiger partial charge in [-0.15, -0.1) is 0 Å². The molecule has 0 fully saturated rings. The van der Waals surface area contributed by atoms with Gasteiger partial charge in [0.1, 0.15) is 5.82 Å². The number of rotatable bonds is 5. The molecule has 0 unspecified atom stereocenters. The molecule has 27 heavy (non-hydrogen) atoms. The average molecular weight is 416 g/mol. The fourth-order valence-electron chi connectivity index (χ4n) is 2.35. The molecule has 0 atom stereocenters. The zero-order valence-corrected chi connectivity index (χ0v) is 16.8. The van der Waals surface area contributed by atoms with Gasteiger partial charge in [0.05, 0.1) is 11.4 Å². The summed E-state index contributed by atoms with van der Waals surface area (Å²) >= 11 is 13.8. The van der Waals surface area contributed by atoms with Crippen molar-refractivity contribution in [1.82, 2.24) is 0 Å². The van der Waals surface area contributed by atoms with Gasteiger partial charge >= 0.3 is 0 Å². The predicted molar refractivity (Wildman–Crippen MR) is 115 cm³/mol. The number of nitrogens with zero attached hydrogens (tertiary/aromatic N) is 1. The van der Waals surface area contributed by atoms with Crippen LogP contribution in [0.2, 0.25) is 10.0 Å². The maximum absolute atomic E-state index is 13.0. The zero-order valence-electron chi connectivity index (χ0n) is 14.5. The average Bonchev–Trinajstić information content (AvgIpc) is 2.63.